The van der Waals surface area contributed by atoms with E-state index in [4.69, 9.17) is 4.74 Å². The van der Waals surface area contributed by atoms with Crippen molar-refractivity contribution in [1.82, 2.24) is 9.55 Å². The lowest BCUT2D eigenvalue weighted by molar-refractivity contribution is 0.0600. The van der Waals surface area contributed by atoms with E-state index in [1.54, 1.807) is 12.1 Å². The number of hydrogen-bond acceptors (Lipinski definition) is 3. The highest BCUT2D eigenvalue weighted by atomic mass is 16.5. The minimum absolute atomic E-state index is 0.00938. The van der Waals surface area contributed by atoms with Crippen LogP contribution in [-0.4, -0.2) is 22.6 Å². The van der Waals surface area contributed by atoms with E-state index in [0.717, 1.165) is 17.9 Å². The first kappa shape index (κ1) is 14.3. The van der Waals surface area contributed by atoms with Crippen molar-refractivity contribution in [3.8, 4) is 0 Å². The van der Waals surface area contributed by atoms with Crippen LogP contribution in [0.25, 0.3) is 0 Å². The van der Waals surface area contributed by atoms with Gasteiger partial charge in [-0.1, -0.05) is 32.9 Å². The maximum atomic E-state index is 11.4. The highest BCUT2D eigenvalue weighted by Crippen LogP contribution is 2.21. The first-order valence-corrected chi connectivity index (χ1v) is 6.60. The second-order valence-electron chi connectivity index (χ2n) is 5.82. The molecule has 0 aliphatic rings. The second-order valence-corrected chi connectivity index (χ2v) is 5.82. The first-order chi connectivity index (χ1) is 9.41. The van der Waals surface area contributed by atoms with E-state index in [2.05, 4.69) is 30.3 Å². The highest BCUT2D eigenvalue weighted by Gasteiger charge is 2.19. The number of esters is 1. The van der Waals surface area contributed by atoms with E-state index in [9.17, 15) is 4.79 Å². The average molecular weight is 272 g/mol. The quantitative estimate of drug-likeness (QED) is 0.807. The Hall–Kier alpha value is -2.10. The summed E-state index contributed by atoms with van der Waals surface area (Å²) in [5.74, 6) is 0.740. The van der Waals surface area contributed by atoms with Gasteiger partial charge in [-0.25, -0.2) is 9.78 Å². The molecule has 0 aliphatic carbocycles. The average Bonchev–Trinajstić information content (AvgIpc) is 2.87. The van der Waals surface area contributed by atoms with Crippen molar-refractivity contribution in [2.24, 2.45) is 0 Å². The Morgan fingerprint density at radius 2 is 1.90 bits per heavy atom. The van der Waals surface area contributed by atoms with Gasteiger partial charge in [0.2, 0.25) is 0 Å². The van der Waals surface area contributed by atoms with E-state index in [1.165, 1.54) is 7.11 Å². The van der Waals surface area contributed by atoms with Crippen molar-refractivity contribution in [3.05, 3.63) is 53.6 Å². The van der Waals surface area contributed by atoms with Gasteiger partial charge in [-0.3, -0.25) is 0 Å². The Bertz CT molecular complexity index is 592. The molecule has 0 fully saturated rings. The minimum Gasteiger partial charge on any atom is -0.465 e. The molecular formula is C16H20N2O2. The number of carbonyl (C=O) groups is 1. The SMILES string of the molecule is COC(=O)c1ccc(Cn2ccnc2C(C)(C)C)cc1. The zero-order valence-corrected chi connectivity index (χ0v) is 12.4. The molecule has 0 spiro atoms. The monoisotopic (exact) mass is 272 g/mol. The van der Waals surface area contributed by atoms with Crippen LogP contribution in [0.1, 0.15) is 42.5 Å². The molecule has 0 unspecified atom stereocenters. The molecule has 0 amide bonds. The van der Waals surface area contributed by atoms with Gasteiger partial charge in [0.15, 0.2) is 0 Å². The Morgan fingerprint density at radius 1 is 1.25 bits per heavy atom. The van der Waals surface area contributed by atoms with Crippen molar-refractivity contribution in [2.45, 2.75) is 32.7 Å². The fourth-order valence-corrected chi connectivity index (χ4v) is 2.14. The molecule has 4 heteroatoms. The number of imidazole rings is 1. The molecule has 2 aromatic rings. The van der Waals surface area contributed by atoms with Crippen LogP contribution in [0.3, 0.4) is 0 Å². The summed E-state index contributed by atoms with van der Waals surface area (Å²) in [5, 5.41) is 0. The number of hydrogen-bond donors (Lipinski definition) is 0. The second kappa shape index (κ2) is 5.49. The molecule has 20 heavy (non-hydrogen) atoms. The number of aromatic nitrogens is 2. The van der Waals surface area contributed by atoms with Crippen molar-refractivity contribution in [1.29, 1.82) is 0 Å². The third-order valence-electron chi connectivity index (χ3n) is 3.11. The summed E-state index contributed by atoms with van der Waals surface area (Å²) in [6, 6.07) is 7.46. The van der Waals surface area contributed by atoms with Gasteiger partial charge in [0.1, 0.15) is 5.82 Å². The molecule has 1 heterocycles. The van der Waals surface area contributed by atoms with Crippen LogP contribution in [0.15, 0.2) is 36.7 Å². The predicted octanol–water partition coefficient (Wildman–Crippen LogP) is 3.02. The lowest BCUT2D eigenvalue weighted by atomic mass is 9.95. The van der Waals surface area contributed by atoms with Crippen molar-refractivity contribution < 1.29 is 9.53 Å². The molecule has 0 radical (unpaired) electrons. The van der Waals surface area contributed by atoms with Crippen LogP contribution in [0, 0.1) is 0 Å². The molecule has 2 rings (SSSR count). The predicted molar refractivity (Wildman–Crippen MR) is 77.8 cm³/mol. The Balaban J connectivity index is 2.19. The Labute approximate surface area is 119 Å². The van der Waals surface area contributed by atoms with Crippen LogP contribution in [0.2, 0.25) is 0 Å². The lowest BCUT2D eigenvalue weighted by Gasteiger charge is -2.19. The van der Waals surface area contributed by atoms with E-state index >= 15 is 0 Å². The van der Waals surface area contributed by atoms with Crippen LogP contribution in [-0.2, 0) is 16.7 Å². The van der Waals surface area contributed by atoms with Gasteiger partial charge < -0.3 is 9.30 Å². The molecule has 1 aromatic carbocycles. The molecule has 0 atom stereocenters. The van der Waals surface area contributed by atoms with Crippen molar-refractivity contribution in [3.63, 3.8) is 0 Å². The highest BCUT2D eigenvalue weighted by molar-refractivity contribution is 5.89. The van der Waals surface area contributed by atoms with Crippen LogP contribution in [0.4, 0.5) is 0 Å². The van der Waals surface area contributed by atoms with E-state index in [-0.39, 0.29) is 11.4 Å². The number of nitrogens with zero attached hydrogens (tertiary/aromatic N) is 2. The molecule has 0 N–H and O–H groups in total. The van der Waals surface area contributed by atoms with Gasteiger partial charge in [0.25, 0.3) is 0 Å². The zero-order chi connectivity index (χ0) is 14.8. The summed E-state index contributed by atoms with van der Waals surface area (Å²) in [6.07, 6.45) is 3.80. The maximum absolute atomic E-state index is 11.4. The summed E-state index contributed by atoms with van der Waals surface area (Å²) >= 11 is 0. The van der Waals surface area contributed by atoms with E-state index in [1.807, 2.05) is 24.5 Å². The number of rotatable bonds is 3. The van der Waals surface area contributed by atoms with Gasteiger partial charge in [0, 0.05) is 24.4 Å². The number of carbonyl (C=O) groups excluding carboxylic acids is 1. The smallest absolute Gasteiger partial charge is 0.337 e. The fourth-order valence-electron chi connectivity index (χ4n) is 2.14. The van der Waals surface area contributed by atoms with Gasteiger partial charge in [-0.05, 0) is 17.7 Å². The number of ether oxygens (including phenoxy) is 1. The zero-order valence-electron chi connectivity index (χ0n) is 12.4. The van der Waals surface area contributed by atoms with Crippen LogP contribution < -0.4 is 0 Å². The maximum Gasteiger partial charge on any atom is 0.337 e. The molecule has 1 aromatic heterocycles. The van der Waals surface area contributed by atoms with Gasteiger partial charge >= 0.3 is 5.97 Å². The van der Waals surface area contributed by atoms with Crippen molar-refractivity contribution >= 4 is 5.97 Å². The van der Waals surface area contributed by atoms with Crippen LogP contribution >= 0.6 is 0 Å². The Morgan fingerprint density at radius 3 is 2.45 bits per heavy atom. The summed E-state index contributed by atoms with van der Waals surface area (Å²) in [4.78, 5) is 15.8. The minimum atomic E-state index is -0.311. The molecular weight excluding hydrogens is 252 g/mol. The fraction of sp³-hybridized carbons (Fsp3) is 0.375. The van der Waals surface area contributed by atoms with Crippen molar-refractivity contribution in [2.75, 3.05) is 7.11 Å². The summed E-state index contributed by atoms with van der Waals surface area (Å²) in [5.41, 5.74) is 1.70. The molecule has 106 valence electrons. The van der Waals surface area contributed by atoms with Gasteiger partial charge in [-0.15, -0.1) is 0 Å². The molecule has 0 saturated heterocycles. The molecule has 0 aliphatic heterocycles. The molecule has 4 nitrogen and oxygen atoms in total. The number of methoxy groups -OCH3 is 1. The largest absolute Gasteiger partial charge is 0.465 e. The first-order valence-electron chi connectivity index (χ1n) is 6.60. The standard InChI is InChI=1S/C16H20N2O2/c1-16(2,3)15-17-9-10-18(15)11-12-5-7-13(8-6-12)14(19)20-4/h5-10H,11H2,1-4H3. The summed E-state index contributed by atoms with van der Waals surface area (Å²) in [6.45, 7) is 7.18. The normalized spacial score (nSPS) is 11.4. The molecule has 0 bridgehead atoms. The third-order valence-corrected chi connectivity index (χ3v) is 3.11. The van der Waals surface area contributed by atoms with Gasteiger partial charge in [-0.2, -0.15) is 0 Å². The van der Waals surface area contributed by atoms with E-state index < -0.39 is 0 Å². The summed E-state index contributed by atoms with van der Waals surface area (Å²) < 4.78 is 6.82. The van der Waals surface area contributed by atoms with Gasteiger partial charge in [0.05, 0.1) is 12.7 Å². The summed E-state index contributed by atoms with van der Waals surface area (Å²) in [7, 11) is 1.39. The molecule has 0 saturated carbocycles. The third kappa shape index (κ3) is 3.07. The lowest BCUT2D eigenvalue weighted by Crippen LogP contribution is -2.19. The van der Waals surface area contributed by atoms with Crippen LogP contribution in [0.5, 0.6) is 0 Å². The number of benzene rings is 1. The topological polar surface area (TPSA) is 44.1 Å². The van der Waals surface area contributed by atoms with E-state index in [0.29, 0.717) is 5.56 Å². The Kier molecular flexibility index (Phi) is 3.93.